The summed E-state index contributed by atoms with van der Waals surface area (Å²) in [5.41, 5.74) is 0.424. The standard InChI is InChI=1S/C20H21ClN2O6S/c1-14(19(24)22-15-5-3-2-4-6-15)29-20(25)17-13-16(7-8-18(17)21)30(26,27)23-9-11-28-12-10-23/h2-8,13-14H,9-12H2,1H3,(H,22,24). The molecule has 1 heterocycles. The number of hydrogen-bond donors (Lipinski definition) is 1. The lowest BCUT2D eigenvalue weighted by Gasteiger charge is -2.26. The van der Waals surface area contributed by atoms with Gasteiger partial charge in [-0.25, -0.2) is 13.2 Å². The van der Waals surface area contributed by atoms with E-state index in [2.05, 4.69) is 5.32 Å². The summed E-state index contributed by atoms with van der Waals surface area (Å²) in [6.07, 6.45) is -1.12. The molecule has 1 aliphatic heterocycles. The van der Waals surface area contributed by atoms with E-state index in [0.717, 1.165) is 6.07 Å². The fraction of sp³-hybridized carbons (Fsp3) is 0.300. The molecule has 10 heteroatoms. The van der Waals surface area contributed by atoms with Crippen molar-refractivity contribution in [2.75, 3.05) is 31.6 Å². The largest absolute Gasteiger partial charge is 0.449 e. The number of ether oxygens (including phenoxy) is 2. The van der Waals surface area contributed by atoms with Crippen molar-refractivity contribution < 1.29 is 27.5 Å². The molecular formula is C20H21ClN2O6S. The van der Waals surface area contributed by atoms with Crippen LogP contribution in [0, 0.1) is 0 Å². The first-order chi connectivity index (χ1) is 14.3. The van der Waals surface area contributed by atoms with E-state index >= 15 is 0 Å². The summed E-state index contributed by atoms with van der Waals surface area (Å²) in [6.45, 7) is 2.47. The number of anilines is 1. The second kappa shape index (κ2) is 9.57. The molecule has 1 fully saturated rings. The molecule has 2 aromatic rings. The average Bonchev–Trinajstić information content (AvgIpc) is 2.75. The van der Waals surface area contributed by atoms with E-state index in [-0.39, 0.29) is 28.6 Å². The average molecular weight is 453 g/mol. The topological polar surface area (TPSA) is 102 Å². The third-order valence-electron chi connectivity index (χ3n) is 4.46. The maximum Gasteiger partial charge on any atom is 0.340 e. The Morgan fingerprint density at radius 1 is 1.13 bits per heavy atom. The van der Waals surface area contributed by atoms with Gasteiger partial charge in [0.25, 0.3) is 5.91 Å². The van der Waals surface area contributed by atoms with Crippen molar-refractivity contribution in [2.45, 2.75) is 17.9 Å². The molecule has 0 radical (unpaired) electrons. The summed E-state index contributed by atoms with van der Waals surface area (Å²) < 4.78 is 37.3. The Bertz CT molecular complexity index is 1020. The van der Waals surface area contributed by atoms with Crippen LogP contribution < -0.4 is 5.32 Å². The number of hydrogen-bond acceptors (Lipinski definition) is 6. The maximum absolute atomic E-state index is 12.8. The van der Waals surface area contributed by atoms with E-state index in [1.807, 2.05) is 0 Å². The highest BCUT2D eigenvalue weighted by Crippen LogP contribution is 2.24. The van der Waals surface area contributed by atoms with Crippen LogP contribution in [0.2, 0.25) is 5.02 Å². The number of nitrogens with zero attached hydrogens (tertiary/aromatic N) is 1. The van der Waals surface area contributed by atoms with Crippen molar-refractivity contribution >= 4 is 39.2 Å². The predicted molar refractivity (Wildman–Crippen MR) is 111 cm³/mol. The Labute approximate surface area is 179 Å². The van der Waals surface area contributed by atoms with E-state index in [0.29, 0.717) is 18.9 Å². The number of carbonyl (C=O) groups is 2. The number of morpholine rings is 1. The minimum Gasteiger partial charge on any atom is -0.449 e. The number of carbonyl (C=O) groups excluding carboxylic acids is 2. The molecule has 3 rings (SSSR count). The van der Waals surface area contributed by atoms with Gasteiger partial charge >= 0.3 is 5.97 Å². The van der Waals surface area contributed by atoms with Gasteiger partial charge in [0.15, 0.2) is 6.10 Å². The lowest BCUT2D eigenvalue weighted by molar-refractivity contribution is -0.123. The van der Waals surface area contributed by atoms with E-state index < -0.39 is 28.0 Å². The number of benzene rings is 2. The molecule has 30 heavy (non-hydrogen) atoms. The smallest absolute Gasteiger partial charge is 0.340 e. The Hall–Kier alpha value is -2.46. The normalized spacial score (nSPS) is 15.9. The van der Waals surface area contributed by atoms with Crippen LogP contribution in [0.4, 0.5) is 5.69 Å². The van der Waals surface area contributed by atoms with Gasteiger partial charge in [-0.1, -0.05) is 29.8 Å². The van der Waals surface area contributed by atoms with Crippen LogP contribution in [0.1, 0.15) is 17.3 Å². The van der Waals surface area contributed by atoms with Gasteiger partial charge in [0.1, 0.15) is 0 Å². The molecule has 8 nitrogen and oxygen atoms in total. The maximum atomic E-state index is 12.8. The van der Waals surface area contributed by atoms with Crippen LogP contribution in [0.5, 0.6) is 0 Å². The first-order valence-electron chi connectivity index (χ1n) is 9.23. The minimum atomic E-state index is -3.81. The van der Waals surface area contributed by atoms with Gasteiger partial charge in [-0.2, -0.15) is 4.31 Å². The van der Waals surface area contributed by atoms with Gasteiger partial charge in [0.2, 0.25) is 10.0 Å². The van der Waals surface area contributed by atoms with Gasteiger partial charge < -0.3 is 14.8 Å². The molecule has 160 valence electrons. The van der Waals surface area contributed by atoms with Gasteiger partial charge in [0.05, 0.1) is 28.7 Å². The third-order valence-corrected chi connectivity index (χ3v) is 6.68. The quantitative estimate of drug-likeness (QED) is 0.676. The predicted octanol–water partition coefficient (Wildman–Crippen LogP) is 2.54. The van der Waals surface area contributed by atoms with Crippen molar-refractivity contribution in [3.63, 3.8) is 0 Å². The first kappa shape index (κ1) is 22.2. The number of nitrogens with one attached hydrogen (secondary N) is 1. The van der Waals surface area contributed by atoms with Crippen molar-refractivity contribution in [3.05, 3.63) is 59.1 Å². The lowest BCUT2D eigenvalue weighted by atomic mass is 10.2. The van der Waals surface area contributed by atoms with Crippen LogP contribution in [0.3, 0.4) is 0 Å². The van der Waals surface area contributed by atoms with Crippen molar-refractivity contribution in [1.29, 1.82) is 0 Å². The molecule has 1 atom stereocenters. The molecule has 0 aromatic heterocycles. The van der Waals surface area contributed by atoms with Crippen molar-refractivity contribution in [3.8, 4) is 0 Å². The molecule has 1 unspecified atom stereocenters. The molecule has 0 saturated carbocycles. The summed E-state index contributed by atoms with van der Waals surface area (Å²) in [6, 6.07) is 12.5. The summed E-state index contributed by atoms with van der Waals surface area (Å²) in [5.74, 6) is -1.42. The SMILES string of the molecule is CC(OC(=O)c1cc(S(=O)(=O)N2CCOCC2)ccc1Cl)C(=O)Nc1ccccc1. The van der Waals surface area contributed by atoms with Crippen molar-refractivity contribution in [1.82, 2.24) is 4.31 Å². The Balaban J connectivity index is 1.74. The van der Waals surface area contributed by atoms with E-state index in [1.54, 1.807) is 30.3 Å². The molecular weight excluding hydrogens is 432 g/mol. The molecule has 0 bridgehead atoms. The molecule has 1 N–H and O–H groups in total. The molecule has 1 saturated heterocycles. The second-order valence-corrected chi connectivity index (χ2v) is 8.91. The van der Waals surface area contributed by atoms with Gasteiger partial charge in [-0.15, -0.1) is 0 Å². The summed E-state index contributed by atoms with van der Waals surface area (Å²) in [5, 5.41) is 2.65. The second-order valence-electron chi connectivity index (χ2n) is 6.56. The molecule has 2 aromatic carbocycles. The monoisotopic (exact) mass is 452 g/mol. The fourth-order valence-electron chi connectivity index (χ4n) is 2.80. The highest BCUT2D eigenvalue weighted by atomic mass is 35.5. The van der Waals surface area contributed by atoms with E-state index in [9.17, 15) is 18.0 Å². The molecule has 0 spiro atoms. The third kappa shape index (κ3) is 5.17. The Morgan fingerprint density at radius 2 is 1.80 bits per heavy atom. The number of para-hydroxylation sites is 1. The van der Waals surface area contributed by atoms with Crippen LogP contribution in [0.25, 0.3) is 0 Å². The van der Waals surface area contributed by atoms with Gasteiger partial charge in [-0.05, 0) is 37.3 Å². The van der Waals surface area contributed by atoms with Crippen LogP contribution in [-0.2, 0) is 24.3 Å². The van der Waals surface area contributed by atoms with Crippen molar-refractivity contribution in [2.24, 2.45) is 0 Å². The lowest BCUT2D eigenvalue weighted by Crippen LogP contribution is -2.40. The zero-order chi connectivity index (χ0) is 21.7. The van der Waals surface area contributed by atoms with Crippen LogP contribution in [-0.4, -0.2) is 57.0 Å². The molecule has 1 amide bonds. The Kier molecular flexibility index (Phi) is 7.09. The minimum absolute atomic E-state index is 0.0246. The number of halogens is 1. The van der Waals surface area contributed by atoms with Crippen LogP contribution in [0.15, 0.2) is 53.4 Å². The van der Waals surface area contributed by atoms with E-state index in [4.69, 9.17) is 21.1 Å². The first-order valence-corrected chi connectivity index (χ1v) is 11.0. The number of amides is 1. The number of rotatable bonds is 6. The zero-order valence-electron chi connectivity index (χ0n) is 16.2. The number of sulfonamides is 1. The molecule has 1 aliphatic rings. The van der Waals surface area contributed by atoms with Gasteiger partial charge in [-0.3, -0.25) is 4.79 Å². The summed E-state index contributed by atoms with van der Waals surface area (Å²) in [4.78, 5) is 24.8. The summed E-state index contributed by atoms with van der Waals surface area (Å²) in [7, 11) is -3.81. The number of esters is 1. The highest BCUT2D eigenvalue weighted by Gasteiger charge is 2.28. The highest BCUT2D eigenvalue weighted by molar-refractivity contribution is 7.89. The zero-order valence-corrected chi connectivity index (χ0v) is 17.8. The summed E-state index contributed by atoms with van der Waals surface area (Å²) >= 11 is 6.09. The van der Waals surface area contributed by atoms with E-state index in [1.165, 1.54) is 23.4 Å². The Morgan fingerprint density at radius 3 is 2.47 bits per heavy atom. The fourth-order valence-corrected chi connectivity index (χ4v) is 4.43. The molecule has 0 aliphatic carbocycles. The van der Waals surface area contributed by atoms with Crippen LogP contribution >= 0.6 is 11.6 Å². The van der Waals surface area contributed by atoms with Gasteiger partial charge in [0, 0.05) is 18.8 Å².